The predicted octanol–water partition coefficient (Wildman–Crippen LogP) is -0.723. The Bertz CT molecular complexity index is 636. The first-order valence-electron chi connectivity index (χ1n) is 6.82. The van der Waals surface area contributed by atoms with Crippen molar-refractivity contribution in [1.82, 2.24) is 19.4 Å². The Morgan fingerprint density at radius 1 is 1.14 bits per heavy atom. The normalized spacial score (nSPS) is 20.5. The summed E-state index contributed by atoms with van der Waals surface area (Å²) in [6.45, 7) is 2.55. The molecule has 2 amide bonds. The summed E-state index contributed by atoms with van der Waals surface area (Å²) in [5.41, 5.74) is 0. The molecule has 0 bridgehead atoms. The van der Waals surface area contributed by atoms with Gasteiger partial charge < -0.3 is 9.47 Å². The number of quaternary nitrogens is 1. The minimum atomic E-state index is -0.478. The van der Waals surface area contributed by atoms with Crippen molar-refractivity contribution >= 4 is 23.7 Å². The fourth-order valence-electron chi connectivity index (χ4n) is 2.31. The molecule has 2 aliphatic heterocycles. The van der Waals surface area contributed by atoms with Crippen molar-refractivity contribution in [3.63, 3.8) is 0 Å². The number of carbonyl (C=O) groups is 2. The highest BCUT2D eigenvalue weighted by molar-refractivity contribution is 6.27. The van der Waals surface area contributed by atoms with Gasteiger partial charge in [-0.3, -0.25) is 14.1 Å². The third kappa shape index (κ3) is 2.44. The van der Waals surface area contributed by atoms with Gasteiger partial charge in [0.1, 0.15) is 13.1 Å². The Morgan fingerprint density at radius 3 is 2.36 bits per heavy atom. The number of hydrogen-bond acceptors (Lipinski definition) is 7. The van der Waals surface area contributed by atoms with E-state index in [-0.39, 0.29) is 12.0 Å². The zero-order valence-corrected chi connectivity index (χ0v) is 12.4. The Labute approximate surface area is 126 Å². The van der Waals surface area contributed by atoms with E-state index in [2.05, 4.69) is 15.0 Å². The van der Waals surface area contributed by atoms with Crippen LogP contribution in [0.25, 0.3) is 0 Å². The van der Waals surface area contributed by atoms with Crippen LogP contribution >= 0.6 is 0 Å². The summed E-state index contributed by atoms with van der Waals surface area (Å²) in [6.07, 6.45) is 2.37. The van der Waals surface area contributed by atoms with E-state index in [9.17, 15) is 9.59 Å². The number of morpholine rings is 1. The van der Waals surface area contributed by atoms with Gasteiger partial charge >= 0.3 is 12.0 Å². The van der Waals surface area contributed by atoms with E-state index >= 15 is 0 Å². The average molecular weight is 306 g/mol. The Balaban J connectivity index is 2.03. The third-order valence-corrected chi connectivity index (χ3v) is 3.72. The van der Waals surface area contributed by atoms with Gasteiger partial charge in [-0.25, -0.2) is 4.90 Å². The molecule has 0 aliphatic carbocycles. The van der Waals surface area contributed by atoms with Crippen LogP contribution in [0.1, 0.15) is 0 Å². The van der Waals surface area contributed by atoms with Crippen molar-refractivity contribution in [2.75, 3.05) is 45.4 Å². The van der Waals surface area contributed by atoms with Crippen molar-refractivity contribution in [3.05, 3.63) is 12.2 Å². The molecule has 1 fully saturated rings. The van der Waals surface area contributed by atoms with Crippen LogP contribution in [0.2, 0.25) is 0 Å². The van der Waals surface area contributed by atoms with Crippen LogP contribution in [0.15, 0.2) is 12.2 Å². The fourth-order valence-corrected chi connectivity index (χ4v) is 2.31. The maximum atomic E-state index is 11.8. The number of nitrogens with zero attached hydrogens (tertiary/aromatic N) is 5. The number of likely N-dealkylation sites (N-methyl/N-ethyl adjacent to an activating group) is 1. The smallest absolute Gasteiger partial charge is 0.336 e. The zero-order valence-electron chi connectivity index (χ0n) is 12.4. The van der Waals surface area contributed by atoms with Crippen molar-refractivity contribution in [2.24, 2.45) is 0 Å². The predicted molar refractivity (Wildman–Crippen MR) is 76.3 cm³/mol. The van der Waals surface area contributed by atoms with Crippen molar-refractivity contribution in [3.8, 4) is 6.01 Å². The van der Waals surface area contributed by atoms with Crippen LogP contribution in [0.5, 0.6) is 6.01 Å². The van der Waals surface area contributed by atoms with Gasteiger partial charge in [0.2, 0.25) is 0 Å². The first-order valence-corrected chi connectivity index (χ1v) is 6.82. The fraction of sp³-hybridized carbons (Fsp3) is 0.462. The number of carbonyl (C=O) groups excluding carboxylic acids is 2. The molecule has 116 valence electrons. The molecule has 0 spiro atoms. The molecule has 1 aromatic heterocycles. The van der Waals surface area contributed by atoms with E-state index in [1.165, 1.54) is 19.3 Å². The molecule has 1 aromatic rings. The van der Waals surface area contributed by atoms with Gasteiger partial charge in [-0.15, -0.1) is 9.97 Å². The molecule has 2 aliphatic rings. The van der Waals surface area contributed by atoms with Crippen molar-refractivity contribution < 1.29 is 19.1 Å². The summed E-state index contributed by atoms with van der Waals surface area (Å²) >= 11 is 0. The van der Waals surface area contributed by atoms with Gasteiger partial charge in [0, 0.05) is 12.2 Å². The highest BCUT2D eigenvalue weighted by Crippen LogP contribution is 2.24. The highest BCUT2D eigenvalue weighted by Gasteiger charge is 2.35. The largest absolute Gasteiger partial charge is 0.467 e. The quantitative estimate of drug-likeness (QED) is 0.537. The second-order valence-electron chi connectivity index (χ2n) is 5.22. The molecule has 9 heteroatoms. The molecule has 1 saturated heterocycles. The number of anilines is 1. The van der Waals surface area contributed by atoms with Crippen LogP contribution in [-0.4, -0.2) is 67.2 Å². The summed E-state index contributed by atoms with van der Waals surface area (Å²) in [5.74, 6) is -0.534. The molecule has 0 N–H and O–H groups in total. The van der Waals surface area contributed by atoms with Gasteiger partial charge in [-0.2, -0.15) is 4.98 Å². The maximum Gasteiger partial charge on any atom is 0.336 e. The summed E-state index contributed by atoms with van der Waals surface area (Å²) in [5, 5.41) is 0. The lowest BCUT2D eigenvalue weighted by Gasteiger charge is -2.34. The van der Waals surface area contributed by atoms with Crippen LogP contribution in [0.4, 0.5) is 11.9 Å². The Morgan fingerprint density at radius 2 is 1.77 bits per heavy atom. The lowest BCUT2D eigenvalue weighted by atomic mass is 10.4. The molecule has 22 heavy (non-hydrogen) atoms. The van der Waals surface area contributed by atoms with E-state index in [1.807, 2.05) is 7.05 Å². The van der Waals surface area contributed by atoms with Crippen molar-refractivity contribution in [2.45, 2.75) is 0 Å². The number of imide groups is 1. The van der Waals surface area contributed by atoms with Gasteiger partial charge in [0.25, 0.3) is 17.8 Å². The first kappa shape index (κ1) is 14.5. The van der Waals surface area contributed by atoms with E-state index in [1.54, 1.807) is 0 Å². The minimum Gasteiger partial charge on any atom is -0.467 e. The molecule has 9 nitrogen and oxygen atoms in total. The molecule has 3 heterocycles. The van der Waals surface area contributed by atoms with Crippen LogP contribution in [0.3, 0.4) is 0 Å². The molecule has 3 rings (SSSR count). The lowest BCUT2D eigenvalue weighted by molar-refractivity contribution is -0.120. The summed E-state index contributed by atoms with van der Waals surface area (Å²) in [7, 11) is 3.39. The highest BCUT2D eigenvalue weighted by atomic mass is 16.5. The lowest BCUT2D eigenvalue weighted by Crippen LogP contribution is -2.54. The van der Waals surface area contributed by atoms with Crippen LogP contribution in [-0.2, 0) is 14.3 Å². The van der Waals surface area contributed by atoms with Gasteiger partial charge in [-0.05, 0) is 0 Å². The van der Waals surface area contributed by atoms with E-state index < -0.39 is 11.8 Å². The van der Waals surface area contributed by atoms with Gasteiger partial charge in [-0.1, -0.05) is 0 Å². The Kier molecular flexibility index (Phi) is 3.59. The standard InChI is InChI=1S/C13H16N5O4/c1-18(5-7-22-8-6-18)12-14-11(15-13(16-12)21-2)17-9(19)3-4-10(17)20/h3-4H,5-8H2,1-2H3/q+1. The maximum absolute atomic E-state index is 11.8. The van der Waals surface area contributed by atoms with Gasteiger partial charge in [0.15, 0.2) is 0 Å². The number of hydrogen-bond donors (Lipinski definition) is 0. The van der Waals surface area contributed by atoms with Crippen molar-refractivity contribution in [1.29, 1.82) is 0 Å². The third-order valence-electron chi connectivity index (χ3n) is 3.72. The SMILES string of the molecule is COc1nc(N2C(=O)C=CC2=O)nc([N+]2(C)CCOCC2)n1. The zero-order chi connectivity index (χ0) is 15.7. The second kappa shape index (κ2) is 5.43. The summed E-state index contributed by atoms with van der Waals surface area (Å²) < 4.78 is 10.9. The van der Waals surface area contributed by atoms with E-state index in [4.69, 9.17) is 9.47 Å². The molecular weight excluding hydrogens is 290 g/mol. The second-order valence-corrected chi connectivity index (χ2v) is 5.22. The Hall–Kier alpha value is -2.39. The summed E-state index contributed by atoms with van der Waals surface area (Å²) in [4.78, 5) is 37.1. The minimum absolute atomic E-state index is 0.0207. The molecule has 0 aromatic carbocycles. The summed E-state index contributed by atoms with van der Waals surface area (Å²) in [6, 6.07) is 0.0679. The van der Waals surface area contributed by atoms with Gasteiger partial charge in [0.05, 0.1) is 27.4 Å². The molecular formula is C13H16N5O4+. The first-order chi connectivity index (χ1) is 10.5. The van der Waals surface area contributed by atoms with E-state index in [0.29, 0.717) is 36.7 Å². The number of rotatable bonds is 3. The van der Waals surface area contributed by atoms with Crippen LogP contribution < -0.4 is 14.1 Å². The number of aromatic nitrogens is 3. The average Bonchev–Trinajstić information content (AvgIpc) is 2.86. The van der Waals surface area contributed by atoms with E-state index in [0.717, 1.165) is 4.90 Å². The number of amides is 2. The molecule has 0 atom stereocenters. The number of ether oxygens (including phenoxy) is 2. The molecule has 0 radical (unpaired) electrons. The number of methoxy groups -OCH3 is 1. The molecule has 0 saturated carbocycles. The monoisotopic (exact) mass is 306 g/mol. The van der Waals surface area contributed by atoms with Crippen LogP contribution in [0, 0.1) is 0 Å². The topological polar surface area (TPSA) is 94.5 Å². The molecule has 0 unspecified atom stereocenters.